The van der Waals surface area contributed by atoms with Gasteiger partial charge in [-0.25, -0.2) is 14.8 Å². The molecular weight excluding hydrogens is 354 g/mol. The van der Waals surface area contributed by atoms with Gasteiger partial charge >= 0.3 is 6.03 Å². The van der Waals surface area contributed by atoms with Crippen molar-refractivity contribution in [2.45, 2.75) is 51.6 Å². The number of hydrogen-bond acceptors (Lipinski definition) is 6. The fraction of sp³-hybridized carbons (Fsp3) is 0.750. The summed E-state index contributed by atoms with van der Waals surface area (Å²) in [5.74, 6) is 0.839. The first-order valence-corrected chi connectivity index (χ1v) is 10.6. The van der Waals surface area contributed by atoms with Crippen molar-refractivity contribution in [3.8, 4) is 0 Å². The van der Waals surface area contributed by atoms with Crippen molar-refractivity contribution in [1.82, 2.24) is 30.4 Å². The third-order valence-corrected chi connectivity index (χ3v) is 6.05. The zero-order valence-electron chi connectivity index (χ0n) is 17.4. The molecule has 1 aliphatic heterocycles. The van der Waals surface area contributed by atoms with E-state index in [4.69, 9.17) is 5.73 Å². The number of aromatic nitrogens is 2. The minimum Gasteiger partial charge on any atom is -0.368 e. The number of carbonyl (C=O) groups excluding carboxylic acids is 1. The lowest BCUT2D eigenvalue weighted by molar-refractivity contribution is 0.0626. The monoisotopic (exact) mass is 389 g/mol. The van der Waals surface area contributed by atoms with Gasteiger partial charge in [-0.05, 0) is 57.7 Å². The molecule has 2 heterocycles. The maximum absolute atomic E-state index is 12.7. The minimum absolute atomic E-state index is 0.0421. The molecule has 3 rings (SSSR count). The molecule has 3 atom stereocenters. The lowest BCUT2D eigenvalue weighted by Gasteiger charge is -2.47. The van der Waals surface area contributed by atoms with Gasteiger partial charge in [-0.3, -0.25) is 4.90 Å². The molecule has 1 aliphatic carbocycles. The van der Waals surface area contributed by atoms with Crippen LogP contribution in [0.4, 0.5) is 10.7 Å². The number of nitrogen functional groups attached to an aromatic ring is 1. The third-order valence-electron chi connectivity index (χ3n) is 6.05. The minimum atomic E-state index is 0.0421. The molecule has 0 unspecified atom stereocenters. The molecule has 1 aromatic heterocycles. The van der Waals surface area contributed by atoms with E-state index < -0.39 is 0 Å². The quantitative estimate of drug-likeness (QED) is 0.640. The van der Waals surface area contributed by atoms with Crippen LogP contribution in [0.3, 0.4) is 0 Å². The number of likely N-dealkylation sites (tertiary alicyclic amines) is 1. The van der Waals surface area contributed by atoms with Crippen molar-refractivity contribution in [1.29, 1.82) is 0 Å². The van der Waals surface area contributed by atoms with Gasteiger partial charge in [0.1, 0.15) is 0 Å². The van der Waals surface area contributed by atoms with Crippen LogP contribution in [-0.4, -0.2) is 77.7 Å². The highest BCUT2D eigenvalue weighted by Gasteiger charge is 2.40. The SMILES string of the molecule is CCCN1C[C@@H](NC(=O)N(CC)CCNC)C[C@@H]2Cc3nc(N)ncc3C[C@H]21. The molecule has 28 heavy (non-hydrogen) atoms. The molecule has 0 saturated carbocycles. The predicted molar refractivity (Wildman–Crippen MR) is 111 cm³/mol. The Labute approximate surface area is 168 Å². The Hall–Kier alpha value is -1.93. The molecule has 0 radical (unpaired) electrons. The smallest absolute Gasteiger partial charge is 0.317 e. The number of nitrogens with zero attached hydrogens (tertiary/aromatic N) is 4. The topological polar surface area (TPSA) is 99.4 Å². The number of nitrogens with one attached hydrogen (secondary N) is 2. The fourth-order valence-corrected chi connectivity index (χ4v) is 4.67. The number of amides is 2. The molecule has 0 aromatic carbocycles. The van der Waals surface area contributed by atoms with E-state index >= 15 is 0 Å². The van der Waals surface area contributed by atoms with Crippen LogP contribution in [0, 0.1) is 5.92 Å². The molecule has 1 saturated heterocycles. The second-order valence-electron chi connectivity index (χ2n) is 8.00. The molecule has 8 nitrogen and oxygen atoms in total. The van der Waals surface area contributed by atoms with Crippen molar-refractivity contribution < 1.29 is 4.79 Å². The summed E-state index contributed by atoms with van der Waals surface area (Å²) in [5, 5.41) is 6.41. The van der Waals surface area contributed by atoms with Gasteiger partial charge in [-0.15, -0.1) is 0 Å². The zero-order valence-corrected chi connectivity index (χ0v) is 17.4. The summed E-state index contributed by atoms with van der Waals surface area (Å²) in [6, 6.07) is 0.712. The summed E-state index contributed by atoms with van der Waals surface area (Å²) in [5.41, 5.74) is 8.12. The number of rotatable bonds is 7. The van der Waals surface area contributed by atoms with Gasteiger partial charge in [0.2, 0.25) is 5.95 Å². The molecule has 4 N–H and O–H groups in total. The predicted octanol–water partition coefficient (Wildman–Crippen LogP) is 0.877. The Balaban J connectivity index is 1.70. The molecule has 2 aliphatic rings. The van der Waals surface area contributed by atoms with Crippen molar-refractivity contribution in [3.63, 3.8) is 0 Å². The zero-order chi connectivity index (χ0) is 20.1. The van der Waals surface area contributed by atoms with Gasteiger partial charge in [0, 0.05) is 50.2 Å². The molecular formula is C20H35N7O. The molecule has 1 aromatic rings. The van der Waals surface area contributed by atoms with Crippen LogP contribution >= 0.6 is 0 Å². The summed E-state index contributed by atoms with van der Waals surface area (Å²) >= 11 is 0. The Morgan fingerprint density at radius 1 is 1.39 bits per heavy atom. The first-order chi connectivity index (χ1) is 13.5. The maximum Gasteiger partial charge on any atom is 0.317 e. The molecule has 156 valence electrons. The van der Waals surface area contributed by atoms with Crippen LogP contribution in [0.1, 0.15) is 37.9 Å². The molecule has 0 spiro atoms. The van der Waals surface area contributed by atoms with Gasteiger partial charge in [-0.2, -0.15) is 0 Å². The summed E-state index contributed by atoms with van der Waals surface area (Å²) in [7, 11) is 1.91. The first-order valence-electron chi connectivity index (χ1n) is 10.6. The highest BCUT2D eigenvalue weighted by Crippen LogP contribution is 2.34. The van der Waals surface area contributed by atoms with Gasteiger partial charge in [0.05, 0.1) is 0 Å². The molecule has 1 fully saturated rings. The number of carbonyl (C=O) groups is 1. The number of piperidine rings is 1. The summed E-state index contributed by atoms with van der Waals surface area (Å²) in [6.07, 6.45) is 5.88. The number of urea groups is 1. The lowest BCUT2D eigenvalue weighted by Crippen LogP contribution is -2.59. The van der Waals surface area contributed by atoms with Crippen LogP contribution in [0.2, 0.25) is 0 Å². The standard InChI is InChI=1S/C20H35N7O/c1-4-7-27-13-16(24-20(28)26(5-2)8-6-22-3)9-14-10-17-15(11-18(14)27)12-23-19(21)25-17/h12,14,16,18,22H,4-11,13H2,1-3H3,(H,24,28)(H2,21,23,25)/t14-,16+,18-/m1/s1. The summed E-state index contributed by atoms with van der Waals surface area (Å²) in [4.78, 5) is 25.8. The lowest BCUT2D eigenvalue weighted by atomic mass is 9.76. The second-order valence-corrected chi connectivity index (χ2v) is 8.00. The van der Waals surface area contributed by atoms with Crippen molar-refractivity contribution in [3.05, 3.63) is 17.5 Å². The number of likely N-dealkylation sites (N-methyl/N-ethyl adjacent to an activating group) is 2. The maximum atomic E-state index is 12.7. The van der Waals surface area contributed by atoms with Crippen LogP contribution in [0.25, 0.3) is 0 Å². The molecule has 8 heteroatoms. The van der Waals surface area contributed by atoms with Crippen LogP contribution < -0.4 is 16.4 Å². The van der Waals surface area contributed by atoms with E-state index in [0.717, 1.165) is 57.6 Å². The number of nitrogens with two attached hydrogens (primary N) is 1. The third kappa shape index (κ3) is 4.72. The summed E-state index contributed by atoms with van der Waals surface area (Å²) < 4.78 is 0. The normalized spacial score (nSPS) is 24.3. The second kappa shape index (κ2) is 9.52. The Morgan fingerprint density at radius 3 is 2.93 bits per heavy atom. The van der Waals surface area contributed by atoms with Crippen molar-refractivity contribution in [2.24, 2.45) is 5.92 Å². The average Bonchev–Trinajstić information content (AvgIpc) is 2.67. The van der Waals surface area contributed by atoms with Crippen molar-refractivity contribution >= 4 is 12.0 Å². The van der Waals surface area contributed by atoms with E-state index in [1.807, 2.05) is 25.1 Å². The van der Waals surface area contributed by atoms with Gasteiger partial charge in [0.15, 0.2) is 0 Å². The van der Waals surface area contributed by atoms with E-state index in [1.165, 1.54) is 5.56 Å². The Kier molecular flexibility index (Phi) is 7.07. The Bertz CT molecular complexity index is 668. The number of hydrogen-bond donors (Lipinski definition) is 3. The van der Waals surface area contributed by atoms with E-state index in [-0.39, 0.29) is 12.1 Å². The molecule has 2 amide bonds. The first kappa shape index (κ1) is 20.8. The van der Waals surface area contributed by atoms with Gasteiger partial charge in [-0.1, -0.05) is 6.92 Å². The Morgan fingerprint density at radius 2 is 2.21 bits per heavy atom. The van der Waals surface area contributed by atoms with E-state index in [2.05, 4.69) is 32.4 Å². The van der Waals surface area contributed by atoms with E-state index in [9.17, 15) is 4.79 Å². The molecule has 0 bridgehead atoms. The largest absolute Gasteiger partial charge is 0.368 e. The van der Waals surface area contributed by atoms with Gasteiger partial charge < -0.3 is 21.3 Å². The highest BCUT2D eigenvalue weighted by molar-refractivity contribution is 5.74. The van der Waals surface area contributed by atoms with Crippen LogP contribution in [0.5, 0.6) is 0 Å². The highest BCUT2D eigenvalue weighted by atomic mass is 16.2. The van der Waals surface area contributed by atoms with Crippen LogP contribution in [0.15, 0.2) is 6.20 Å². The fourth-order valence-electron chi connectivity index (χ4n) is 4.67. The average molecular weight is 390 g/mol. The number of fused-ring (bicyclic) bond motifs is 2. The van der Waals surface area contributed by atoms with E-state index in [0.29, 0.717) is 24.5 Å². The van der Waals surface area contributed by atoms with Crippen molar-refractivity contribution in [2.75, 3.05) is 45.5 Å². The van der Waals surface area contributed by atoms with Gasteiger partial charge in [0.25, 0.3) is 0 Å². The van der Waals surface area contributed by atoms with E-state index in [1.54, 1.807) is 0 Å². The van der Waals surface area contributed by atoms with Crippen LogP contribution in [-0.2, 0) is 12.8 Å². The summed E-state index contributed by atoms with van der Waals surface area (Å²) in [6.45, 7) is 8.45. The number of anilines is 1.